The summed E-state index contributed by atoms with van der Waals surface area (Å²) < 4.78 is 16.7. The number of ether oxygens (including phenoxy) is 3. The molecule has 1 atom stereocenters. The van der Waals surface area contributed by atoms with Crippen molar-refractivity contribution in [1.82, 2.24) is 0 Å². The highest BCUT2D eigenvalue weighted by atomic mass is 16.6. The first-order valence-electron chi connectivity index (χ1n) is 27.1. The zero-order chi connectivity index (χ0) is 47.2. The summed E-state index contributed by atoms with van der Waals surface area (Å²) in [5, 5.41) is 0. The lowest BCUT2D eigenvalue weighted by Crippen LogP contribution is -2.30. The molecule has 0 N–H and O–H groups in total. The number of rotatable bonds is 48. The molecule has 0 bridgehead atoms. The summed E-state index contributed by atoms with van der Waals surface area (Å²) in [5.74, 6) is -0.996. The van der Waals surface area contributed by atoms with Gasteiger partial charge in [-0.2, -0.15) is 0 Å². The Morgan fingerprint density at radius 3 is 1.06 bits per heavy atom. The van der Waals surface area contributed by atoms with Crippen LogP contribution < -0.4 is 0 Å². The van der Waals surface area contributed by atoms with Crippen molar-refractivity contribution in [2.45, 2.75) is 258 Å². The Morgan fingerprint density at radius 1 is 0.323 bits per heavy atom. The molecule has 0 radical (unpaired) electrons. The van der Waals surface area contributed by atoms with Crippen LogP contribution in [0.15, 0.2) is 85.1 Å². The van der Waals surface area contributed by atoms with Crippen molar-refractivity contribution in [1.29, 1.82) is 0 Å². The molecular weight excluding hydrogens is 805 g/mol. The molecule has 0 aliphatic carbocycles. The van der Waals surface area contributed by atoms with Gasteiger partial charge in [0.1, 0.15) is 13.2 Å². The van der Waals surface area contributed by atoms with E-state index < -0.39 is 6.10 Å². The lowest BCUT2D eigenvalue weighted by atomic mass is 10.0. The minimum atomic E-state index is -0.809. The second-order valence-electron chi connectivity index (χ2n) is 17.8. The second kappa shape index (κ2) is 53.2. The van der Waals surface area contributed by atoms with Crippen molar-refractivity contribution < 1.29 is 28.6 Å². The number of esters is 3. The topological polar surface area (TPSA) is 78.9 Å². The average Bonchev–Trinajstić information content (AvgIpc) is 3.30. The SMILES string of the molecule is CC/C=C\C/C=C\C/C=C\C/C=C\CCC(=O)OCC(COC(=O)CCCCCCCC/C=C\C/C=C\C/C=C\CCCCC)OC(=O)CCCCCCCCCCCCCCCCC. The first kappa shape index (κ1) is 61.6. The molecule has 65 heavy (non-hydrogen) atoms. The van der Waals surface area contributed by atoms with Crippen LogP contribution in [0.1, 0.15) is 252 Å². The minimum Gasteiger partial charge on any atom is -0.462 e. The predicted molar refractivity (Wildman–Crippen MR) is 279 cm³/mol. The van der Waals surface area contributed by atoms with Gasteiger partial charge in [-0.3, -0.25) is 14.4 Å². The van der Waals surface area contributed by atoms with Crippen LogP contribution in [-0.2, 0) is 28.6 Å². The number of hydrogen-bond acceptors (Lipinski definition) is 6. The Bertz CT molecular complexity index is 1270. The van der Waals surface area contributed by atoms with Gasteiger partial charge >= 0.3 is 17.9 Å². The molecule has 372 valence electrons. The summed E-state index contributed by atoms with van der Waals surface area (Å²) in [4.78, 5) is 38.0. The van der Waals surface area contributed by atoms with Gasteiger partial charge in [0.05, 0.1) is 0 Å². The molecule has 0 aromatic rings. The molecule has 0 amide bonds. The zero-order valence-corrected chi connectivity index (χ0v) is 42.5. The first-order chi connectivity index (χ1) is 32.0. The molecule has 0 aromatic carbocycles. The normalized spacial score (nSPS) is 12.7. The van der Waals surface area contributed by atoms with Gasteiger partial charge in [-0.05, 0) is 83.5 Å². The van der Waals surface area contributed by atoms with E-state index in [1.807, 2.05) is 6.08 Å². The Labute approximate surface area is 401 Å². The molecule has 0 aliphatic heterocycles. The van der Waals surface area contributed by atoms with Gasteiger partial charge in [-0.15, -0.1) is 0 Å². The largest absolute Gasteiger partial charge is 0.462 e. The molecule has 0 heterocycles. The highest BCUT2D eigenvalue weighted by Crippen LogP contribution is 2.15. The van der Waals surface area contributed by atoms with Crippen LogP contribution in [-0.4, -0.2) is 37.2 Å². The van der Waals surface area contributed by atoms with E-state index in [0.29, 0.717) is 19.3 Å². The summed E-state index contributed by atoms with van der Waals surface area (Å²) in [5.41, 5.74) is 0. The van der Waals surface area contributed by atoms with E-state index in [2.05, 4.69) is 99.8 Å². The van der Waals surface area contributed by atoms with E-state index in [9.17, 15) is 14.4 Å². The molecular formula is C59H100O6. The number of allylic oxidation sites excluding steroid dienone is 14. The minimum absolute atomic E-state index is 0.104. The third kappa shape index (κ3) is 51.4. The molecule has 6 nitrogen and oxygen atoms in total. The third-order valence-corrected chi connectivity index (χ3v) is 11.4. The van der Waals surface area contributed by atoms with Crippen molar-refractivity contribution in [2.24, 2.45) is 0 Å². The quantitative estimate of drug-likeness (QED) is 0.0262. The number of hydrogen-bond donors (Lipinski definition) is 0. The van der Waals surface area contributed by atoms with Crippen LogP contribution in [0.3, 0.4) is 0 Å². The van der Waals surface area contributed by atoms with E-state index in [-0.39, 0.29) is 37.5 Å². The fourth-order valence-corrected chi connectivity index (χ4v) is 7.35. The Balaban J connectivity index is 4.45. The van der Waals surface area contributed by atoms with Crippen LogP contribution in [0.5, 0.6) is 0 Å². The van der Waals surface area contributed by atoms with Gasteiger partial charge in [-0.1, -0.05) is 234 Å². The van der Waals surface area contributed by atoms with Gasteiger partial charge in [0, 0.05) is 19.3 Å². The molecule has 6 heteroatoms. The monoisotopic (exact) mass is 905 g/mol. The van der Waals surface area contributed by atoms with Crippen molar-refractivity contribution >= 4 is 17.9 Å². The van der Waals surface area contributed by atoms with E-state index in [4.69, 9.17) is 14.2 Å². The first-order valence-corrected chi connectivity index (χ1v) is 27.1. The standard InChI is InChI=1S/C59H100O6/c1-4-7-10-13-16-19-22-25-27-28-29-30-32-34-37-40-43-46-49-52-58(61)64-55-56(54-63-57(60)51-48-45-42-39-36-33-24-21-18-15-12-9-6-3)65-59(62)53-50-47-44-41-38-35-31-26-23-20-17-14-11-8-5-2/h9,12,16,18-19,21,25,27,29-30,33,36,42,45,56H,4-8,10-11,13-15,17,20,22-24,26,28,31-32,34-35,37-41,43-44,46-55H2,1-3H3/b12-9-,19-16-,21-18-,27-25-,30-29-,36-33-,45-42-. The summed E-state index contributed by atoms with van der Waals surface area (Å²) in [7, 11) is 0. The lowest BCUT2D eigenvalue weighted by molar-refractivity contribution is -0.166. The molecule has 0 fully saturated rings. The van der Waals surface area contributed by atoms with Crippen molar-refractivity contribution in [2.75, 3.05) is 13.2 Å². The summed E-state index contributed by atoms with van der Waals surface area (Å²) in [6, 6.07) is 0. The third-order valence-electron chi connectivity index (χ3n) is 11.4. The Kier molecular flexibility index (Phi) is 50.4. The molecule has 1 unspecified atom stereocenters. The molecule has 0 saturated heterocycles. The lowest BCUT2D eigenvalue weighted by Gasteiger charge is -2.18. The maximum absolute atomic E-state index is 12.8. The van der Waals surface area contributed by atoms with Crippen LogP contribution >= 0.6 is 0 Å². The summed E-state index contributed by atoms with van der Waals surface area (Å²) in [6.45, 7) is 6.43. The van der Waals surface area contributed by atoms with Crippen LogP contribution in [0.2, 0.25) is 0 Å². The second-order valence-corrected chi connectivity index (χ2v) is 17.8. The molecule has 0 aliphatic rings. The van der Waals surface area contributed by atoms with Crippen molar-refractivity contribution in [3.63, 3.8) is 0 Å². The molecule has 0 spiro atoms. The molecule has 0 rings (SSSR count). The van der Waals surface area contributed by atoms with Gasteiger partial charge in [0.25, 0.3) is 0 Å². The molecule has 0 aromatic heterocycles. The summed E-state index contributed by atoms with van der Waals surface area (Å²) in [6.07, 6.45) is 68.7. The van der Waals surface area contributed by atoms with Gasteiger partial charge < -0.3 is 14.2 Å². The number of carbonyl (C=O) groups excluding carboxylic acids is 3. The van der Waals surface area contributed by atoms with Crippen LogP contribution in [0, 0.1) is 0 Å². The molecule has 0 saturated carbocycles. The van der Waals surface area contributed by atoms with Crippen molar-refractivity contribution in [3.8, 4) is 0 Å². The van der Waals surface area contributed by atoms with E-state index >= 15 is 0 Å². The fraction of sp³-hybridized carbons (Fsp3) is 0.712. The van der Waals surface area contributed by atoms with E-state index in [1.54, 1.807) is 0 Å². The maximum atomic E-state index is 12.8. The highest BCUT2D eigenvalue weighted by molar-refractivity contribution is 5.71. The smallest absolute Gasteiger partial charge is 0.306 e. The van der Waals surface area contributed by atoms with Crippen LogP contribution in [0.25, 0.3) is 0 Å². The fourth-order valence-electron chi connectivity index (χ4n) is 7.35. The van der Waals surface area contributed by atoms with Gasteiger partial charge in [0.15, 0.2) is 6.10 Å². The van der Waals surface area contributed by atoms with E-state index in [1.165, 1.54) is 122 Å². The van der Waals surface area contributed by atoms with Gasteiger partial charge in [-0.25, -0.2) is 0 Å². The van der Waals surface area contributed by atoms with Crippen LogP contribution in [0.4, 0.5) is 0 Å². The maximum Gasteiger partial charge on any atom is 0.306 e. The zero-order valence-electron chi connectivity index (χ0n) is 42.5. The van der Waals surface area contributed by atoms with Gasteiger partial charge in [0.2, 0.25) is 0 Å². The summed E-state index contributed by atoms with van der Waals surface area (Å²) >= 11 is 0. The Morgan fingerprint density at radius 2 is 0.631 bits per heavy atom. The Hall–Kier alpha value is -3.41. The predicted octanol–water partition coefficient (Wildman–Crippen LogP) is 18.0. The number of unbranched alkanes of at least 4 members (excludes halogenated alkanes) is 23. The number of carbonyl (C=O) groups is 3. The van der Waals surface area contributed by atoms with Crippen molar-refractivity contribution in [3.05, 3.63) is 85.1 Å². The van der Waals surface area contributed by atoms with E-state index in [0.717, 1.165) is 83.5 Å². The highest BCUT2D eigenvalue weighted by Gasteiger charge is 2.19. The average molecular weight is 905 g/mol.